The van der Waals surface area contributed by atoms with Crippen LogP contribution in [0.25, 0.3) is 0 Å². The molecule has 1 aliphatic carbocycles. The first-order valence-corrected chi connectivity index (χ1v) is 8.62. The van der Waals surface area contributed by atoms with Crippen molar-refractivity contribution in [2.75, 3.05) is 13.1 Å². The number of fused-ring (bicyclic) bond motifs is 1. The Morgan fingerprint density at radius 3 is 2.57 bits per heavy atom. The Kier molecular flexibility index (Phi) is 4.36. The molecule has 1 saturated carbocycles. The number of hydrogen-bond acceptors (Lipinski definition) is 3. The normalized spacial score (nSPS) is 18.8. The van der Waals surface area contributed by atoms with Gasteiger partial charge in [-0.25, -0.2) is 4.98 Å². The van der Waals surface area contributed by atoms with Crippen LogP contribution in [0.4, 0.5) is 0 Å². The van der Waals surface area contributed by atoms with E-state index in [-0.39, 0.29) is 0 Å². The Hall–Kier alpha value is -0.870. The summed E-state index contributed by atoms with van der Waals surface area (Å²) in [5.74, 6) is 2.11. The third kappa shape index (κ3) is 3.16. The summed E-state index contributed by atoms with van der Waals surface area (Å²) >= 11 is 0. The quantitative estimate of drug-likeness (QED) is 0.874. The largest absolute Gasteiger partial charge is 0.330 e. The van der Waals surface area contributed by atoms with Gasteiger partial charge in [0.25, 0.3) is 0 Å². The van der Waals surface area contributed by atoms with Crippen molar-refractivity contribution in [2.24, 2.45) is 0 Å². The van der Waals surface area contributed by atoms with Crippen molar-refractivity contribution in [3.8, 4) is 0 Å². The predicted octanol–water partition coefficient (Wildman–Crippen LogP) is 2.53. The zero-order valence-corrected chi connectivity index (χ0v) is 14.0. The number of imidazole rings is 1. The number of hydrogen-bond donors (Lipinski definition) is 1. The highest BCUT2D eigenvalue weighted by atomic mass is 15.2. The average molecular weight is 290 g/mol. The second kappa shape index (κ2) is 6.09. The minimum absolute atomic E-state index is 0.607. The van der Waals surface area contributed by atoms with Crippen LogP contribution in [-0.2, 0) is 19.5 Å². The second-order valence-electron chi connectivity index (χ2n) is 7.14. The molecule has 4 nitrogen and oxygen atoms in total. The summed E-state index contributed by atoms with van der Waals surface area (Å²) in [7, 11) is 0. The van der Waals surface area contributed by atoms with Crippen molar-refractivity contribution in [2.45, 2.75) is 78.0 Å². The molecule has 1 N–H and O–H groups in total. The summed E-state index contributed by atoms with van der Waals surface area (Å²) in [5.41, 5.74) is 2.81. The zero-order valence-electron chi connectivity index (χ0n) is 14.0. The summed E-state index contributed by atoms with van der Waals surface area (Å²) in [5, 5.41) is 3.46. The molecule has 0 radical (unpaired) electrons. The molecule has 1 aliphatic heterocycles. The van der Waals surface area contributed by atoms with Gasteiger partial charge < -0.3 is 9.88 Å². The van der Waals surface area contributed by atoms with Gasteiger partial charge in [0.1, 0.15) is 5.82 Å². The smallest absolute Gasteiger partial charge is 0.112 e. The molecular formula is C17H30N4. The Bertz CT molecular complexity index is 477. The topological polar surface area (TPSA) is 33.1 Å². The van der Waals surface area contributed by atoms with Crippen LogP contribution in [0.1, 0.15) is 63.7 Å². The van der Waals surface area contributed by atoms with Gasteiger partial charge in [0.2, 0.25) is 0 Å². The lowest BCUT2D eigenvalue weighted by molar-refractivity contribution is 0.167. The van der Waals surface area contributed by atoms with Crippen molar-refractivity contribution < 1.29 is 0 Å². The van der Waals surface area contributed by atoms with Gasteiger partial charge in [-0.3, -0.25) is 4.90 Å². The van der Waals surface area contributed by atoms with E-state index >= 15 is 0 Å². The fourth-order valence-electron chi connectivity index (χ4n) is 3.62. The van der Waals surface area contributed by atoms with Crippen molar-refractivity contribution in [1.29, 1.82) is 0 Å². The van der Waals surface area contributed by atoms with Gasteiger partial charge in [0.15, 0.2) is 0 Å². The molecular weight excluding hydrogens is 260 g/mol. The Morgan fingerprint density at radius 2 is 1.95 bits per heavy atom. The average Bonchev–Trinajstić information content (AvgIpc) is 3.21. The van der Waals surface area contributed by atoms with Crippen LogP contribution in [0.3, 0.4) is 0 Å². The summed E-state index contributed by atoms with van der Waals surface area (Å²) in [6, 6.07) is 1.21. The van der Waals surface area contributed by atoms with Crippen LogP contribution >= 0.6 is 0 Å². The van der Waals surface area contributed by atoms with Crippen LogP contribution in [0.5, 0.6) is 0 Å². The Balaban J connectivity index is 1.79. The van der Waals surface area contributed by atoms with Crippen LogP contribution in [0.2, 0.25) is 0 Å². The van der Waals surface area contributed by atoms with Crippen molar-refractivity contribution in [3.63, 3.8) is 0 Å². The van der Waals surface area contributed by atoms with E-state index in [1.165, 1.54) is 30.1 Å². The van der Waals surface area contributed by atoms with E-state index in [0.29, 0.717) is 12.1 Å². The minimum atomic E-state index is 0.607. The van der Waals surface area contributed by atoms with E-state index in [9.17, 15) is 0 Å². The molecule has 1 fully saturated rings. The number of rotatable bonds is 6. The summed E-state index contributed by atoms with van der Waals surface area (Å²) in [6.45, 7) is 13.5. The molecule has 2 heterocycles. The molecule has 21 heavy (non-hydrogen) atoms. The molecule has 118 valence electrons. The molecule has 0 atom stereocenters. The lowest BCUT2D eigenvalue weighted by Gasteiger charge is -2.31. The molecule has 0 aromatic carbocycles. The Labute approximate surface area is 128 Å². The fourth-order valence-corrected chi connectivity index (χ4v) is 3.62. The molecule has 0 saturated heterocycles. The highest BCUT2D eigenvalue weighted by Gasteiger charge is 2.31. The first kappa shape index (κ1) is 15.0. The van der Waals surface area contributed by atoms with Gasteiger partial charge in [-0.1, -0.05) is 0 Å². The number of nitrogens with zero attached hydrogens (tertiary/aromatic N) is 3. The van der Waals surface area contributed by atoms with E-state index in [4.69, 9.17) is 4.98 Å². The van der Waals surface area contributed by atoms with Crippen molar-refractivity contribution in [1.82, 2.24) is 19.8 Å². The van der Waals surface area contributed by atoms with Crippen LogP contribution in [0, 0.1) is 0 Å². The molecule has 0 unspecified atom stereocenters. The molecule has 1 aromatic rings. The number of aromatic nitrogens is 2. The lowest BCUT2D eigenvalue weighted by Crippen LogP contribution is -2.39. The van der Waals surface area contributed by atoms with Crippen molar-refractivity contribution in [3.05, 3.63) is 17.2 Å². The minimum Gasteiger partial charge on any atom is -0.330 e. The van der Waals surface area contributed by atoms with Gasteiger partial charge in [-0.05, 0) is 40.5 Å². The van der Waals surface area contributed by atoms with Crippen LogP contribution < -0.4 is 5.32 Å². The van der Waals surface area contributed by atoms with Crippen LogP contribution in [0.15, 0.2) is 0 Å². The molecule has 3 rings (SSSR count). The van der Waals surface area contributed by atoms with Gasteiger partial charge in [0.05, 0.1) is 5.69 Å². The monoisotopic (exact) mass is 290 g/mol. The first-order valence-electron chi connectivity index (χ1n) is 8.62. The highest BCUT2D eigenvalue weighted by Crippen LogP contribution is 2.40. The molecule has 2 aliphatic rings. The molecule has 0 bridgehead atoms. The maximum absolute atomic E-state index is 4.96. The highest BCUT2D eigenvalue weighted by molar-refractivity contribution is 5.24. The van der Waals surface area contributed by atoms with E-state index in [1.54, 1.807) is 0 Å². The van der Waals surface area contributed by atoms with Gasteiger partial charge in [0, 0.05) is 56.3 Å². The third-order valence-corrected chi connectivity index (χ3v) is 4.87. The summed E-state index contributed by atoms with van der Waals surface area (Å²) in [4.78, 5) is 7.55. The molecule has 0 amide bonds. The molecule has 4 heteroatoms. The van der Waals surface area contributed by atoms with E-state index in [2.05, 4.69) is 42.5 Å². The summed E-state index contributed by atoms with van der Waals surface area (Å²) < 4.78 is 2.56. The van der Waals surface area contributed by atoms with Gasteiger partial charge in [-0.2, -0.15) is 0 Å². The van der Waals surface area contributed by atoms with E-state index < -0.39 is 0 Å². The molecule has 0 spiro atoms. The number of nitrogens with one attached hydrogen (secondary N) is 1. The maximum Gasteiger partial charge on any atom is 0.112 e. The standard InChI is InChI=1S/C17H30N4/c1-12(2)20(13(3)4)9-10-21-16-7-8-18-11-15(16)19-17(21)14-5-6-14/h12-14,18H,5-11H2,1-4H3. The van der Waals surface area contributed by atoms with Crippen molar-refractivity contribution >= 4 is 0 Å². The third-order valence-electron chi connectivity index (χ3n) is 4.87. The second-order valence-corrected chi connectivity index (χ2v) is 7.14. The fraction of sp³-hybridized carbons (Fsp3) is 0.824. The Morgan fingerprint density at radius 1 is 1.24 bits per heavy atom. The zero-order chi connectivity index (χ0) is 15.0. The van der Waals surface area contributed by atoms with Crippen LogP contribution in [-0.4, -0.2) is 39.6 Å². The summed E-state index contributed by atoms with van der Waals surface area (Å²) in [6.07, 6.45) is 3.81. The first-order chi connectivity index (χ1) is 10.1. The lowest BCUT2D eigenvalue weighted by atomic mass is 10.2. The van der Waals surface area contributed by atoms with E-state index in [1.807, 2.05) is 0 Å². The van der Waals surface area contributed by atoms with E-state index in [0.717, 1.165) is 38.5 Å². The van der Waals surface area contributed by atoms with Gasteiger partial charge in [-0.15, -0.1) is 0 Å². The van der Waals surface area contributed by atoms with Gasteiger partial charge >= 0.3 is 0 Å². The SMILES string of the molecule is CC(C)N(CCn1c(C2CC2)nc2c1CCNC2)C(C)C. The maximum atomic E-state index is 4.96. The molecule has 1 aromatic heterocycles. The predicted molar refractivity (Wildman–Crippen MR) is 86.6 cm³/mol.